The number of likely N-dealkylation sites (tertiary alicyclic amines) is 1. The minimum atomic E-state index is -1.07. The van der Waals surface area contributed by atoms with E-state index in [1.165, 1.54) is 4.90 Å². The number of amides is 5. The summed E-state index contributed by atoms with van der Waals surface area (Å²) in [6.45, 7) is 6.02. The number of hydrogen-bond acceptors (Lipinski definition) is 5. The quantitative estimate of drug-likeness (QED) is 0.246. The predicted octanol–water partition coefficient (Wildman–Crippen LogP) is 2.78. The van der Waals surface area contributed by atoms with E-state index in [-0.39, 0.29) is 17.2 Å². The monoisotopic (exact) mass is 575 g/mol. The molecular formula is C26H43Cl2N5O5. The van der Waals surface area contributed by atoms with Gasteiger partial charge in [0.1, 0.15) is 12.1 Å². The van der Waals surface area contributed by atoms with E-state index in [4.69, 9.17) is 28.9 Å². The maximum absolute atomic E-state index is 13.7. The molecule has 0 aromatic rings. The van der Waals surface area contributed by atoms with Crippen LogP contribution in [-0.4, -0.2) is 70.0 Å². The number of Topliss-reactive ketones (excluding diaryl/α,β-unsaturated/α-hetero) is 1. The van der Waals surface area contributed by atoms with Crippen LogP contribution in [0, 0.1) is 11.8 Å². The fraction of sp³-hybridized carbons (Fsp3) is 0.808. The van der Waals surface area contributed by atoms with Gasteiger partial charge >= 0.3 is 6.03 Å². The molecule has 5 amide bonds. The Hall–Kier alpha value is -2.07. The van der Waals surface area contributed by atoms with Gasteiger partial charge in [-0.15, -0.1) is 23.2 Å². The Morgan fingerprint density at radius 2 is 1.53 bits per heavy atom. The number of carbonyl (C=O) groups excluding carboxylic acids is 5. The molecule has 2 aliphatic carbocycles. The molecule has 0 aromatic carbocycles. The van der Waals surface area contributed by atoms with Gasteiger partial charge in [-0.3, -0.25) is 19.2 Å². The highest BCUT2D eigenvalue weighted by Gasteiger charge is 2.42. The Morgan fingerprint density at radius 3 is 2.05 bits per heavy atom. The fourth-order valence-electron chi connectivity index (χ4n) is 5.21. The number of hydrogen-bond donors (Lipinski definition) is 4. The second-order valence-corrected chi connectivity index (χ2v) is 12.3. The maximum atomic E-state index is 13.7. The summed E-state index contributed by atoms with van der Waals surface area (Å²) in [6.07, 6.45) is 8.19. The molecule has 1 heterocycles. The lowest BCUT2D eigenvalue weighted by molar-refractivity contribution is -0.143. The number of rotatable bonds is 9. The third-order valence-electron chi connectivity index (χ3n) is 7.14. The molecule has 12 heteroatoms. The van der Waals surface area contributed by atoms with Crippen LogP contribution in [0.15, 0.2) is 0 Å². The van der Waals surface area contributed by atoms with E-state index in [0.29, 0.717) is 31.7 Å². The van der Waals surface area contributed by atoms with Crippen LogP contribution in [0.25, 0.3) is 0 Å². The van der Waals surface area contributed by atoms with Crippen molar-refractivity contribution in [1.82, 2.24) is 20.9 Å². The van der Waals surface area contributed by atoms with E-state index in [9.17, 15) is 24.0 Å². The smallest absolute Gasteiger partial charge is 0.315 e. The molecule has 3 rings (SSSR count). The van der Waals surface area contributed by atoms with Gasteiger partial charge in [0.2, 0.25) is 17.6 Å². The SMILES string of the molecule is CC(C)(C)NC(=O)N[C@H](C(=O)N1CCC[C@H]1C(=O)NC(CC1CC1)C(=O)C(N)=O)C1CCCCC1.ClCCl. The molecule has 0 spiro atoms. The molecule has 10 nitrogen and oxygen atoms in total. The van der Waals surface area contributed by atoms with Crippen molar-refractivity contribution in [2.24, 2.45) is 17.6 Å². The van der Waals surface area contributed by atoms with Gasteiger partial charge < -0.3 is 26.6 Å². The third kappa shape index (κ3) is 10.2. The molecule has 1 unspecified atom stereocenters. The largest absolute Gasteiger partial charge is 0.363 e. The van der Waals surface area contributed by atoms with E-state index in [1.54, 1.807) is 0 Å². The Balaban J connectivity index is 0.00000161. The summed E-state index contributed by atoms with van der Waals surface area (Å²) in [7, 11) is 0. The predicted molar refractivity (Wildman–Crippen MR) is 147 cm³/mol. The van der Waals surface area contributed by atoms with Gasteiger partial charge in [-0.25, -0.2) is 4.79 Å². The van der Waals surface area contributed by atoms with Gasteiger partial charge in [0, 0.05) is 12.1 Å². The van der Waals surface area contributed by atoms with E-state index in [1.807, 2.05) is 20.8 Å². The zero-order chi connectivity index (χ0) is 28.5. The number of nitrogens with one attached hydrogen (secondary N) is 3. The van der Waals surface area contributed by atoms with Crippen molar-refractivity contribution >= 4 is 52.7 Å². The minimum absolute atomic E-state index is 0.00494. The highest BCUT2D eigenvalue weighted by Crippen LogP contribution is 2.34. The number of nitrogens with zero attached hydrogens (tertiary/aromatic N) is 1. The van der Waals surface area contributed by atoms with Crippen LogP contribution in [-0.2, 0) is 19.2 Å². The van der Waals surface area contributed by atoms with Crippen molar-refractivity contribution in [1.29, 1.82) is 0 Å². The van der Waals surface area contributed by atoms with Crippen molar-refractivity contribution in [2.75, 3.05) is 11.9 Å². The van der Waals surface area contributed by atoms with Crippen molar-refractivity contribution in [2.45, 2.75) is 109 Å². The number of alkyl halides is 2. The zero-order valence-corrected chi connectivity index (χ0v) is 24.2. The summed E-state index contributed by atoms with van der Waals surface area (Å²) in [5, 5.41) is 8.66. The highest BCUT2D eigenvalue weighted by molar-refractivity contribution is 6.40. The number of ketones is 1. The van der Waals surface area contributed by atoms with Crippen molar-refractivity contribution < 1.29 is 24.0 Å². The first kappa shape index (κ1) is 32.1. The molecule has 38 heavy (non-hydrogen) atoms. The Morgan fingerprint density at radius 1 is 0.921 bits per heavy atom. The lowest BCUT2D eigenvalue weighted by atomic mass is 9.83. The molecule has 216 valence electrons. The van der Waals surface area contributed by atoms with Crippen molar-refractivity contribution in [3.63, 3.8) is 0 Å². The molecule has 3 aliphatic rings. The van der Waals surface area contributed by atoms with Crippen LogP contribution in [0.5, 0.6) is 0 Å². The maximum Gasteiger partial charge on any atom is 0.315 e. The van der Waals surface area contributed by atoms with Crippen molar-refractivity contribution in [3.8, 4) is 0 Å². The number of primary amides is 1. The topological polar surface area (TPSA) is 151 Å². The number of carbonyl (C=O) groups is 5. The third-order valence-corrected chi connectivity index (χ3v) is 7.14. The van der Waals surface area contributed by atoms with Crippen LogP contribution >= 0.6 is 23.2 Å². The second-order valence-electron chi connectivity index (χ2n) is 11.5. The summed E-state index contributed by atoms with van der Waals surface area (Å²) in [5.74, 6) is -2.28. The van der Waals surface area contributed by atoms with Crippen LogP contribution in [0.4, 0.5) is 4.79 Å². The van der Waals surface area contributed by atoms with E-state index < -0.39 is 47.3 Å². The molecule has 5 N–H and O–H groups in total. The van der Waals surface area contributed by atoms with Gasteiger partial charge in [-0.2, -0.15) is 0 Å². The average Bonchev–Trinajstić information content (AvgIpc) is 3.52. The summed E-state index contributed by atoms with van der Waals surface area (Å²) < 4.78 is 0. The molecule has 1 aliphatic heterocycles. The Labute approximate surface area is 235 Å². The van der Waals surface area contributed by atoms with Crippen LogP contribution in [0.1, 0.15) is 85.0 Å². The molecule has 0 bridgehead atoms. The first-order valence-corrected chi connectivity index (χ1v) is 14.6. The van der Waals surface area contributed by atoms with Gasteiger partial charge in [0.25, 0.3) is 5.91 Å². The Bertz CT molecular complexity index is 855. The van der Waals surface area contributed by atoms with Crippen LogP contribution in [0.2, 0.25) is 0 Å². The summed E-state index contributed by atoms with van der Waals surface area (Å²) >= 11 is 9.53. The lowest BCUT2D eigenvalue weighted by Crippen LogP contribution is -2.59. The molecule has 3 atom stereocenters. The Kier molecular flexibility index (Phi) is 12.6. The van der Waals surface area contributed by atoms with E-state index in [2.05, 4.69) is 16.0 Å². The van der Waals surface area contributed by atoms with Crippen LogP contribution < -0.4 is 21.7 Å². The van der Waals surface area contributed by atoms with Gasteiger partial charge in [0.15, 0.2) is 0 Å². The average molecular weight is 577 g/mol. The summed E-state index contributed by atoms with van der Waals surface area (Å²) in [4.78, 5) is 65.0. The summed E-state index contributed by atoms with van der Waals surface area (Å²) in [6, 6.07) is -2.84. The molecular weight excluding hydrogens is 533 g/mol. The van der Waals surface area contributed by atoms with Gasteiger partial charge in [-0.05, 0) is 64.7 Å². The summed E-state index contributed by atoms with van der Waals surface area (Å²) in [5.41, 5.74) is 4.75. The second kappa shape index (κ2) is 14.9. The molecule has 0 aromatic heterocycles. The fourth-order valence-corrected chi connectivity index (χ4v) is 5.21. The molecule has 2 saturated carbocycles. The lowest BCUT2D eigenvalue weighted by Gasteiger charge is -2.35. The highest BCUT2D eigenvalue weighted by atomic mass is 35.5. The van der Waals surface area contributed by atoms with Crippen molar-refractivity contribution in [3.05, 3.63) is 0 Å². The van der Waals surface area contributed by atoms with Gasteiger partial charge in [0.05, 0.1) is 11.4 Å². The first-order valence-electron chi connectivity index (χ1n) is 13.5. The minimum Gasteiger partial charge on any atom is -0.363 e. The molecule has 3 fully saturated rings. The van der Waals surface area contributed by atoms with E-state index in [0.717, 1.165) is 44.9 Å². The number of halogens is 2. The van der Waals surface area contributed by atoms with Crippen LogP contribution in [0.3, 0.4) is 0 Å². The standard InChI is InChI=1S/C25H41N5O5.CH2Cl2/c1-25(2,3)29-24(35)28-19(16-8-5-4-6-9-16)23(34)30-13-7-10-18(30)22(33)27-17(14-15-11-12-15)20(31)21(26)32;2-1-3/h15-19H,4-14H2,1-3H3,(H2,26,32)(H,27,33)(H2,28,29,35);1H2/t17?,18-,19-;/m0./s1. The zero-order valence-electron chi connectivity index (χ0n) is 22.7. The van der Waals surface area contributed by atoms with E-state index >= 15 is 0 Å². The molecule has 0 radical (unpaired) electrons. The normalized spacial score (nSPS) is 21.4. The molecule has 1 saturated heterocycles. The number of urea groups is 1. The van der Waals surface area contributed by atoms with Gasteiger partial charge in [-0.1, -0.05) is 32.1 Å². The first-order chi connectivity index (χ1) is 17.9. The number of nitrogens with two attached hydrogens (primary N) is 1.